The lowest BCUT2D eigenvalue weighted by molar-refractivity contribution is 0.323. The number of fused-ring (bicyclic) bond motifs is 2. The van der Waals surface area contributed by atoms with Gasteiger partial charge in [-0.05, 0) is 50.2 Å². The van der Waals surface area contributed by atoms with E-state index in [1.165, 1.54) is 13.2 Å². The van der Waals surface area contributed by atoms with E-state index < -0.39 is 11.3 Å². The molecule has 2 aromatic carbocycles. The molecule has 0 unspecified atom stereocenters. The molecular weight excluding hydrogens is 398 g/mol. The Hall–Kier alpha value is -3.58. The molecule has 1 fully saturated rings. The van der Waals surface area contributed by atoms with Gasteiger partial charge in [-0.2, -0.15) is 0 Å². The molecule has 0 atom stereocenters. The van der Waals surface area contributed by atoms with Gasteiger partial charge >= 0.3 is 11.3 Å². The van der Waals surface area contributed by atoms with Crippen molar-refractivity contribution in [1.82, 2.24) is 4.90 Å². The monoisotopic (exact) mass is 419 g/mol. The summed E-state index contributed by atoms with van der Waals surface area (Å²) < 4.78 is 16.3. The molecule has 0 amide bonds. The first-order chi connectivity index (χ1) is 15.0. The van der Waals surface area contributed by atoms with Crippen molar-refractivity contribution >= 4 is 21.9 Å². The van der Waals surface area contributed by atoms with Gasteiger partial charge in [-0.3, -0.25) is 4.90 Å². The fraction of sp³-hybridized carbons (Fsp3) is 0.250. The van der Waals surface area contributed by atoms with Gasteiger partial charge in [0.05, 0.1) is 18.2 Å². The topological polar surface area (TPSA) is 93.1 Å². The lowest BCUT2D eigenvalue weighted by Gasteiger charge is -2.17. The maximum absolute atomic E-state index is 12.9. The zero-order valence-electron chi connectivity index (χ0n) is 17.0. The highest BCUT2D eigenvalue weighted by atomic mass is 16.5. The van der Waals surface area contributed by atoms with Gasteiger partial charge in [0.25, 0.3) is 0 Å². The lowest BCUT2D eigenvalue weighted by atomic mass is 9.99. The van der Waals surface area contributed by atoms with Gasteiger partial charge in [-0.25, -0.2) is 9.59 Å². The summed E-state index contributed by atoms with van der Waals surface area (Å²) in [4.78, 5) is 27.5. The summed E-state index contributed by atoms with van der Waals surface area (Å²) in [5, 5.41) is 11.7. The molecule has 3 heterocycles. The third kappa shape index (κ3) is 3.37. The third-order valence-corrected chi connectivity index (χ3v) is 5.81. The van der Waals surface area contributed by atoms with Crippen LogP contribution in [0.4, 0.5) is 0 Å². The summed E-state index contributed by atoms with van der Waals surface area (Å²) in [5.41, 5.74) is 0.658. The second kappa shape index (κ2) is 7.59. The van der Waals surface area contributed by atoms with E-state index in [0.29, 0.717) is 45.4 Å². The molecule has 31 heavy (non-hydrogen) atoms. The minimum Gasteiger partial charge on any atom is -0.507 e. The number of aromatic hydroxyl groups is 1. The Labute approximate surface area is 177 Å². The number of ether oxygens (including phenoxy) is 1. The summed E-state index contributed by atoms with van der Waals surface area (Å²) in [6.45, 7) is 2.32. The van der Waals surface area contributed by atoms with Gasteiger partial charge in [0, 0.05) is 28.9 Å². The summed E-state index contributed by atoms with van der Waals surface area (Å²) in [6, 6.07) is 11.5. The molecule has 7 nitrogen and oxygen atoms in total. The number of hydrogen-bond acceptors (Lipinski definition) is 7. The molecular formula is C24H21NO6. The Morgan fingerprint density at radius 1 is 1.00 bits per heavy atom. The molecule has 0 aliphatic carbocycles. The molecule has 0 saturated carbocycles. The number of phenols is 1. The summed E-state index contributed by atoms with van der Waals surface area (Å²) in [7, 11) is 1.51. The van der Waals surface area contributed by atoms with Gasteiger partial charge in [-0.1, -0.05) is 12.1 Å². The average Bonchev–Trinajstić information content (AvgIpc) is 3.28. The quantitative estimate of drug-likeness (QED) is 0.502. The smallest absolute Gasteiger partial charge is 0.344 e. The normalized spacial score (nSPS) is 14.5. The van der Waals surface area contributed by atoms with Gasteiger partial charge in [0.15, 0.2) is 11.3 Å². The molecule has 0 radical (unpaired) electrons. The van der Waals surface area contributed by atoms with Crippen molar-refractivity contribution in [3.63, 3.8) is 0 Å². The maximum Gasteiger partial charge on any atom is 0.344 e. The van der Waals surface area contributed by atoms with Crippen molar-refractivity contribution in [3.8, 4) is 22.6 Å². The van der Waals surface area contributed by atoms with Crippen molar-refractivity contribution in [2.75, 3.05) is 20.2 Å². The predicted octanol–water partition coefficient (Wildman–Crippen LogP) is 3.88. The second-order valence-corrected chi connectivity index (χ2v) is 7.73. The fourth-order valence-electron chi connectivity index (χ4n) is 4.28. The number of rotatable bonds is 4. The first kappa shape index (κ1) is 19.4. The molecule has 1 aliphatic rings. The second-order valence-electron chi connectivity index (χ2n) is 7.73. The number of para-hydroxylation sites is 1. The van der Waals surface area contributed by atoms with E-state index in [1.807, 2.05) is 6.07 Å². The van der Waals surface area contributed by atoms with E-state index >= 15 is 0 Å². The Bertz CT molecular complexity index is 1410. The van der Waals surface area contributed by atoms with E-state index in [1.54, 1.807) is 30.3 Å². The lowest BCUT2D eigenvalue weighted by Crippen LogP contribution is -2.19. The third-order valence-electron chi connectivity index (χ3n) is 5.81. The van der Waals surface area contributed by atoms with Crippen LogP contribution in [0.15, 0.2) is 60.9 Å². The number of nitrogens with zero attached hydrogens (tertiary/aromatic N) is 1. The van der Waals surface area contributed by atoms with Gasteiger partial charge in [0.2, 0.25) is 0 Å². The van der Waals surface area contributed by atoms with Crippen molar-refractivity contribution in [2.45, 2.75) is 19.4 Å². The zero-order chi connectivity index (χ0) is 21.5. The molecule has 2 aromatic heterocycles. The Balaban J connectivity index is 1.75. The number of methoxy groups -OCH3 is 1. The molecule has 1 N–H and O–H groups in total. The summed E-state index contributed by atoms with van der Waals surface area (Å²) in [6.07, 6.45) is 2.20. The van der Waals surface area contributed by atoms with Crippen molar-refractivity contribution in [1.29, 1.82) is 0 Å². The van der Waals surface area contributed by atoms with Crippen LogP contribution in [-0.4, -0.2) is 30.2 Å². The number of phenolic OH excluding ortho intramolecular Hbond substituents is 1. The van der Waals surface area contributed by atoms with Gasteiger partial charge < -0.3 is 18.7 Å². The molecule has 158 valence electrons. The van der Waals surface area contributed by atoms with Crippen LogP contribution in [-0.2, 0) is 6.54 Å². The van der Waals surface area contributed by atoms with Crippen LogP contribution in [0.5, 0.6) is 11.5 Å². The molecule has 1 aliphatic heterocycles. The molecule has 0 bridgehead atoms. The molecule has 5 rings (SSSR count). The van der Waals surface area contributed by atoms with Gasteiger partial charge in [0.1, 0.15) is 11.3 Å². The van der Waals surface area contributed by atoms with E-state index in [4.69, 9.17) is 13.6 Å². The van der Waals surface area contributed by atoms with Crippen LogP contribution < -0.4 is 16.0 Å². The Morgan fingerprint density at radius 3 is 2.58 bits per heavy atom. The minimum atomic E-state index is -0.596. The van der Waals surface area contributed by atoms with Crippen molar-refractivity contribution in [2.24, 2.45) is 0 Å². The molecule has 1 saturated heterocycles. The van der Waals surface area contributed by atoms with E-state index in [0.717, 1.165) is 25.9 Å². The number of likely N-dealkylation sites (tertiary alicyclic amines) is 1. The summed E-state index contributed by atoms with van der Waals surface area (Å²) in [5.74, 6) is 0.520. The predicted molar refractivity (Wildman–Crippen MR) is 117 cm³/mol. The first-order valence-electron chi connectivity index (χ1n) is 10.2. The Morgan fingerprint density at radius 2 is 1.81 bits per heavy atom. The zero-order valence-corrected chi connectivity index (χ0v) is 17.0. The standard InChI is InChI=1S/C24H21NO6/c1-29-20-6-4-5-14-11-17(24(28)31-22(14)20)16-12-21(27)30-23-15(16)7-8-19(26)18(23)13-25-9-2-3-10-25/h4-8,11-12,26H,2-3,9-10,13H2,1H3. The summed E-state index contributed by atoms with van der Waals surface area (Å²) >= 11 is 0. The first-order valence-corrected chi connectivity index (χ1v) is 10.2. The molecule has 4 aromatic rings. The van der Waals surface area contributed by atoms with E-state index in [2.05, 4.69) is 4.90 Å². The van der Waals surface area contributed by atoms with E-state index in [9.17, 15) is 14.7 Å². The minimum absolute atomic E-state index is 0.0648. The fourth-order valence-corrected chi connectivity index (χ4v) is 4.28. The highest BCUT2D eigenvalue weighted by Gasteiger charge is 2.21. The Kier molecular flexibility index (Phi) is 4.75. The van der Waals surface area contributed by atoms with Crippen LogP contribution in [0.2, 0.25) is 0 Å². The number of hydrogen-bond donors (Lipinski definition) is 1. The van der Waals surface area contributed by atoms with Crippen molar-refractivity contribution < 1.29 is 18.7 Å². The van der Waals surface area contributed by atoms with E-state index in [-0.39, 0.29) is 11.3 Å². The molecule has 7 heteroatoms. The van der Waals surface area contributed by atoms with Crippen LogP contribution in [0.3, 0.4) is 0 Å². The van der Waals surface area contributed by atoms with Crippen LogP contribution >= 0.6 is 0 Å². The SMILES string of the molecule is COc1cccc2cc(-c3cc(=O)oc4c(CN5CCCC5)c(O)ccc34)c(=O)oc12. The highest BCUT2D eigenvalue weighted by Crippen LogP contribution is 2.35. The average molecular weight is 419 g/mol. The van der Waals surface area contributed by atoms with Gasteiger partial charge in [-0.15, -0.1) is 0 Å². The molecule has 0 spiro atoms. The van der Waals surface area contributed by atoms with Crippen molar-refractivity contribution in [3.05, 3.63) is 68.9 Å². The van der Waals surface area contributed by atoms with Crippen LogP contribution in [0, 0.1) is 0 Å². The largest absolute Gasteiger partial charge is 0.507 e. The maximum atomic E-state index is 12.9. The van der Waals surface area contributed by atoms with Crippen LogP contribution in [0.1, 0.15) is 18.4 Å². The van der Waals surface area contributed by atoms with Crippen LogP contribution in [0.25, 0.3) is 33.1 Å². The highest BCUT2D eigenvalue weighted by molar-refractivity contribution is 5.97. The number of benzene rings is 2.